The summed E-state index contributed by atoms with van der Waals surface area (Å²) in [5.41, 5.74) is 0.745. The van der Waals surface area contributed by atoms with E-state index in [0.717, 1.165) is 27.2 Å². The first-order chi connectivity index (χ1) is 22.0. The number of hydrogen-bond acceptors (Lipinski definition) is 14. The van der Waals surface area contributed by atoms with E-state index >= 15 is 0 Å². The molecule has 1 saturated heterocycles. The molecule has 14 heteroatoms. The monoisotopic (exact) mass is 640 g/mol. The fourth-order valence-corrected chi connectivity index (χ4v) is 5.13. The van der Waals surface area contributed by atoms with Gasteiger partial charge < -0.3 is 42.3 Å². The first kappa shape index (κ1) is 32.3. The van der Waals surface area contributed by atoms with Crippen molar-refractivity contribution < 1.29 is 61.5 Å². The van der Waals surface area contributed by atoms with Crippen LogP contribution in [0.1, 0.15) is 34.1 Å². The van der Waals surface area contributed by atoms with Crippen molar-refractivity contribution in [2.75, 3.05) is 19.8 Å². The molecule has 2 aromatic carbocycles. The van der Waals surface area contributed by atoms with Crippen LogP contribution in [-0.2, 0) is 42.9 Å². The normalized spacial score (nSPS) is 22.2. The highest BCUT2D eigenvalue weighted by atomic mass is 16.7. The molecule has 0 radical (unpaired) electrons. The van der Waals surface area contributed by atoms with Gasteiger partial charge in [-0.2, -0.15) is 0 Å². The van der Waals surface area contributed by atoms with E-state index in [-0.39, 0.29) is 22.1 Å². The molecular formula is C32H32O14. The number of benzene rings is 2. The van der Waals surface area contributed by atoms with Crippen molar-refractivity contribution in [1.29, 1.82) is 0 Å². The van der Waals surface area contributed by atoms with Gasteiger partial charge in [0.25, 0.3) is 0 Å². The molecular weight excluding hydrogens is 608 g/mol. The Balaban J connectivity index is 1.46. The van der Waals surface area contributed by atoms with Crippen LogP contribution in [0.15, 0.2) is 51.9 Å². The highest BCUT2D eigenvalue weighted by Gasteiger charge is 2.53. The summed E-state index contributed by atoms with van der Waals surface area (Å²) in [7, 11) is 0. The van der Waals surface area contributed by atoms with E-state index in [9.17, 15) is 24.0 Å². The summed E-state index contributed by atoms with van der Waals surface area (Å²) in [4.78, 5) is 61.2. The lowest BCUT2D eigenvalue weighted by Crippen LogP contribution is -2.63. The minimum Gasteiger partial charge on any atom is -0.490 e. The average molecular weight is 641 g/mol. The number of esters is 4. The second kappa shape index (κ2) is 13.9. The zero-order valence-corrected chi connectivity index (χ0v) is 25.5. The van der Waals surface area contributed by atoms with Crippen molar-refractivity contribution >= 4 is 34.8 Å². The Morgan fingerprint density at radius 2 is 1.46 bits per heavy atom. The Kier molecular flexibility index (Phi) is 9.75. The SMILES string of the molecule is CC(=O)OC[C@@H]1O[C@@H](Oc2ccc3c(=O)c(-c4ccc5c(c4)OCCCO5)coc3c2)[C@H](OC(C)=O)[C@@H](OC(C)=O)[C@H]1OC(C)=O. The molecule has 5 atom stereocenters. The van der Waals surface area contributed by atoms with Gasteiger partial charge in [-0.3, -0.25) is 24.0 Å². The number of hydrogen-bond donors (Lipinski definition) is 0. The average Bonchev–Trinajstić information content (AvgIpc) is 3.24. The lowest BCUT2D eigenvalue weighted by molar-refractivity contribution is -0.288. The minimum absolute atomic E-state index is 0.125. The van der Waals surface area contributed by atoms with Gasteiger partial charge in [0, 0.05) is 40.2 Å². The molecule has 1 aromatic heterocycles. The maximum atomic E-state index is 13.5. The number of ether oxygens (including phenoxy) is 8. The van der Waals surface area contributed by atoms with E-state index < -0.39 is 61.2 Å². The van der Waals surface area contributed by atoms with E-state index in [1.54, 1.807) is 18.2 Å². The van der Waals surface area contributed by atoms with E-state index in [4.69, 9.17) is 42.3 Å². The summed E-state index contributed by atoms with van der Waals surface area (Å²) in [6.07, 6.45) is -4.74. The molecule has 0 amide bonds. The van der Waals surface area contributed by atoms with Gasteiger partial charge in [-0.15, -0.1) is 0 Å². The number of fused-ring (bicyclic) bond motifs is 2. The largest absolute Gasteiger partial charge is 0.490 e. The fourth-order valence-electron chi connectivity index (χ4n) is 5.13. The standard InChI is InChI=1S/C32H32O14/c1-16(33)40-15-27-29(42-17(2)34)30(43-18(3)35)31(44-19(4)36)32(46-27)45-21-7-8-22-25(13-21)41-14-23(28(22)37)20-6-9-24-26(12-20)39-11-5-10-38-24/h6-9,12-14,27,29-32H,5,10-11,15H2,1-4H3/t27-,29-,30-,31+,32+/m0/s1. The first-order valence-electron chi connectivity index (χ1n) is 14.4. The molecule has 2 aliphatic heterocycles. The molecule has 0 bridgehead atoms. The van der Waals surface area contributed by atoms with Crippen molar-refractivity contribution in [2.45, 2.75) is 64.8 Å². The molecule has 46 heavy (non-hydrogen) atoms. The zero-order valence-electron chi connectivity index (χ0n) is 25.5. The van der Waals surface area contributed by atoms with Crippen LogP contribution >= 0.6 is 0 Å². The molecule has 1 fully saturated rings. The quantitative estimate of drug-likeness (QED) is 0.260. The molecule has 0 N–H and O–H groups in total. The molecule has 3 heterocycles. The summed E-state index contributed by atoms with van der Waals surface area (Å²) < 4.78 is 50.6. The lowest BCUT2D eigenvalue weighted by atomic mass is 9.98. The Morgan fingerprint density at radius 1 is 0.783 bits per heavy atom. The van der Waals surface area contributed by atoms with Crippen LogP contribution in [0.3, 0.4) is 0 Å². The van der Waals surface area contributed by atoms with Gasteiger partial charge in [-0.1, -0.05) is 6.07 Å². The van der Waals surface area contributed by atoms with Crippen LogP contribution in [0.25, 0.3) is 22.1 Å². The highest BCUT2D eigenvalue weighted by molar-refractivity contribution is 5.83. The number of carbonyl (C=O) groups is 4. The van der Waals surface area contributed by atoms with E-state index in [1.807, 2.05) is 0 Å². The summed E-state index contributed by atoms with van der Waals surface area (Å²) in [6, 6.07) is 9.61. The Hall–Kier alpha value is -5.11. The van der Waals surface area contributed by atoms with Crippen LogP contribution in [0.4, 0.5) is 0 Å². The summed E-state index contributed by atoms with van der Waals surface area (Å²) in [6.45, 7) is 5.16. The molecule has 0 spiro atoms. The third kappa shape index (κ3) is 7.40. The summed E-state index contributed by atoms with van der Waals surface area (Å²) in [5, 5.41) is 0.249. The smallest absolute Gasteiger partial charge is 0.303 e. The van der Waals surface area contributed by atoms with Gasteiger partial charge in [0.05, 0.1) is 24.2 Å². The first-order valence-corrected chi connectivity index (χ1v) is 14.4. The number of rotatable bonds is 8. The van der Waals surface area contributed by atoms with Crippen LogP contribution in [0, 0.1) is 0 Å². The third-order valence-electron chi connectivity index (χ3n) is 7.01. The molecule has 3 aromatic rings. The molecule has 2 aliphatic rings. The summed E-state index contributed by atoms with van der Waals surface area (Å²) >= 11 is 0. The van der Waals surface area contributed by atoms with Crippen molar-refractivity contribution in [3.8, 4) is 28.4 Å². The van der Waals surface area contributed by atoms with Crippen LogP contribution < -0.4 is 19.6 Å². The van der Waals surface area contributed by atoms with Gasteiger partial charge >= 0.3 is 23.9 Å². The van der Waals surface area contributed by atoms with Crippen LogP contribution in [0.2, 0.25) is 0 Å². The highest BCUT2D eigenvalue weighted by Crippen LogP contribution is 2.35. The minimum atomic E-state index is -1.45. The van der Waals surface area contributed by atoms with E-state index in [1.165, 1.54) is 31.4 Å². The van der Waals surface area contributed by atoms with Gasteiger partial charge in [0.2, 0.25) is 12.4 Å². The zero-order chi connectivity index (χ0) is 33.0. The van der Waals surface area contributed by atoms with Gasteiger partial charge in [-0.05, 0) is 29.8 Å². The number of carbonyl (C=O) groups excluding carboxylic acids is 4. The third-order valence-corrected chi connectivity index (χ3v) is 7.01. The molecule has 5 rings (SSSR count). The van der Waals surface area contributed by atoms with Crippen LogP contribution in [0.5, 0.6) is 17.2 Å². The molecule has 0 aliphatic carbocycles. The molecule has 0 unspecified atom stereocenters. The second-order valence-corrected chi connectivity index (χ2v) is 10.5. The maximum Gasteiger partial charge on any atom is 0.303 e. The topological polar surface area (TPSA) is 172 Å². The van der Waals surface area contributed by atoms with Gasteiger partial charge in [0.15, 0.2) is 29.1 Å². The van der Waals surface area contributed by atoms with Crippen molar-refractivity contribution in [1.82, 2.24) is 0 Å². The van der Waals surface area contributed by atoms with Crippen molar-refractivity contribution in [3.63, 3.8) is 0 Å². The fraction of sp³-hybridized carbons (Fsp3) is 0.406. The van der Waals surface area contributed by atoms with E-state index in [0.29, 0.717) is 35.8 Å². The van der Waals surface area contributed by atoms with Crippen molar-refractivity contribution in [2.24, 2.45) is 0 Å². The van der Waals surface area contributed by atoms with Crippen molar-refractivity contribution in [3.05, 3.63) is 52.9 Å². The van der Waals surface area contributed by atoms with Gasteiger partial charge in [0.1, 0.15) is 30.3 Å². The Bertz CT molecular complexity index is 1690. The predicted octanol–water partition coefficient (Wildman–Crippen LogP) is 3.08. The van der Waals surface area contributed by atoms with Crippen LogP contribution in [-0.4, -0.2) is 74.4 Å². The molecule has 0 saturated carbocycles. The lowest BCUT2D eigenvalue weighted by Gasteiger charge is -2.43. The van der Waals surface area contributed by atoms with E-state index in [2.05, 4.69) is 0 Å². The Labute approximate surface area is 262 Å². The second-order valence-electron chi connectivity index (χ2n) is 10.5. The Morgan fingerprint density at radius 3 is 2.15 bits per heavy atom. The maximum absolute atomic E-state index is 13.5. The molecule has 14 nitrogen and oxygen atoms in total. The summed E-state index contributed by atoms with van der Waals surface area (Å²) in [5.74, 6) is -1.70. The van der Waals surface area contributed by atoms with Gasteiger partial charge in [-0.25, -0.2) is 0 Å². The predicted molar refractivity (Wildman–Crippen MR) is 156 cm³/mol. The molecule has 244 valence electrons.